The van der Waals surface area contributed by atoms with Gasteiger partial charge in [0.05, 0.1) is 5.56 Å². The van der Waals surface area contributed by atoms with Crippen molar-refractivity contribution in [2.75, 3.05) is 0 Å². The summed E-state index contributed by atoms with van der Waals surface area (Å²) in [6.07, 6.45) is 0. The lowest BCUT2D eigenvalue weighted by atomic mass is 9.71. The second-order valence-corrected chi connectivity index (χ2v) is 9.44. The molecule has 3 aromatic rings. The minimum absolute atomic E-state index is 0.0866. The van der Waals surface area contributed by atoms with E-state index in [0.29, 0.717) is 0 Å². The lowest BCUT2D eigenvalue weighted by molar-refractivity contribution is 0.578. The first-order valence-electron chi connectivity index (χ1n) is 9.87. The van der Waals surface area contributed by atoms with Crippen LogP contribution in [0.15, 0.2) is 66.7 Å². The molecule has 3 aromatic carbocycles. The molecule has 3 rings (SSSR count). The molecule has 0 aromatic heterocycles. The summed E-state index contributed by atoms with van der Waals surface area (Å²) >= 11 is 0. The molecule has 0 N–H and O–H groups in total. The monoisotopic (exact) mass is 367 g/mol. The minimum atomic E-state index is -0.157. The van der Waals surface area contributed by atoms with Crippen molar-refractivity contribution < 1.29 is 0 Å². The van der Waals surface area contributed by atoms with E-state index in [1.165, 1.54) is 5.56 Å². The van der Waals surface area contributed by atoms with Crippen LogP contribution in [0.4, 0.5) is 0 Å². The van der Waals surface area contributed by atoms with E-state index in [9.17, 15) is 5.26 Å². The Kier molecular flexibility index (Phi) is 5.18. The number of hydrogen-bond donors (Lipinski definition) is 0. The Hall–Kier alpha value is -2.85. The summed E-state index contributed by atoms with van der Waals surface area (Å²) in [5.41, 5.74) is 7.38. The first kappa shape index (κ1) is 19.9. The van der Waals surface area contributed by atoms with Gasteiger partial charge in [-0.3, -0.25) is 0 Å². The zero-order valence-corrected chi connectivity index (χ0v) is 17.8. The average Bonchev–Trinajstić information content (AvgIpc) is 2.66. The van der Waals surface area contributed by atoms with Gasteiger partial charge in [-0.05, 0) is 44.7 Å². The number of benzene rings is 3. The Morgan fingerprint density at radius 3 is 1.61 bits per heavy atom. The van der Waals surface area contributed by atoms with Crippen LogP contribution in [0.2, 0.25) is 0 Å². The molecule has 0 heterocycles. The fourth-order valence-electron chi connectivity index (χ4n) is 3.92. The smallest absolute Gasteiger partial charge is 0.100 e. The molecule has 142 valence electrons. The van der Waals surface area contributed by atoms with Gasteiger partial charge in [-0.15, -0.1) is 0 Å². The number of nitriles is 1. The largest absolute Gasteiger partial charge is 0.192 e. The Morgan fingerprint density at radius 1 is 0.679 bits per heavy atom. The zero-order chi connectivity index (χ0) is 20.5. The predicted octanol–water partition coefficient (Wildman–Crippen LogP) is 7.49. The molecule has 1 heteroatoms. The van der Waals surface area contributed by atoms with E-state index in [0.717, 1.165) is 33.4 Å². The van der Waals surface area contributed by atoms with E-state index in [-0.39, 0.29) is 10.8 Å². The fraction of sp³-hybridized carbons (Fsp3) is 0.296. The van der Waals surface area contributed by atoms with Gasteiger partial charge in [0, 0.05) is 5.56 Å². The van der Waals surface area contributed by atoms with Gasteiger partial charge in [-0.25, -0.2) is 0 Å². The molecule has 1 nitrogen and oxygen atoms in total. The van der Waals surface area contributed by atoms with Gasteiger partial charge in [0.2, 0.25) is 0 Å². The lowest BCUT2D eigenvalue weighted by Crippen LogP contribution is -2.20. The highest BCUT2D eigenvalue weighted by atomic mass is 14.4. The molecule has 0 atom stereocenters. The number of nitrogens with zero attached hydrogens (tertiary/aromatic N) is 1. The molecule has 0 amide bonds. The summed E-state index contributed by atoms with van der Waals surface area (Å²) in [4.78, 5) is 0. The first-order valence-corrected chi connectivity index (χ1v) is 9.87. The summed E-state index contributed by atoms with van der Waals surface area (Å²) in [6, 6.07) is 25.7. The maximum Gasteiger partial charge on any atom is 0.100 e. The maximum atomic E-state index is 10.3. The highest BCUT2D eigenvalue weighted by Gasteiger charge is 2.30. The van der Waals surface area contributed by atoms with Crippen molar-refractivity contribution in [1.29, 1.82) is 5.26 Å². The highest BCUT2D eigenvalue weighted by Crippen LogP contribution is 2.45. The van der Waals surface area contributed by atoms with Gasteiger partial charge in [-0.2, -0.15) is 5.26 Å². The van der Waals surface area contributed by atoms with Crippen LogP contribution in [0.3, 0.4) is 0 Å². The maximum absolute atomic E-state index is 10.3. The van der Waals surface area contributed by atoms with Crippen LogP contribution in [-0.4, -0.2) is 0 Å². The van der Waals surface area contributed by atoms with Crippen LogP contribution < -0.4 is 0 Å². The van der Waals surface area contributed by atoms with Gasteiger partial charge < -0.3 is 0 Å². The zero-order valence-electron chi connectivity index (χ0n) is 17.8. The second-order valence-electron chi connectivity index (χ2n) is 9.44. The molecule has 0 bridgehead atoms. The van der Waals surface area contributed by atoms with E-state index in [4.69, 9.17) is 0 Å². The molecule has 0 fully saturated rings. The Morgan fingerprint density at radius 2 is 1.18 bits per heavy atom. The topological polar surface area (TPSA) is 23.8 Å². The molecular weight excluding hydrogens is 338 g/mol. The van der Waals surface area contributed by atoms with E-state index in [2.05, 4.69) is 90.1 Å². The van der Waals surface area contributed by atoms with Crippen LogP contribution in [0.5, 0.6) is 0 Å². The van der Waals surface area contributed by atoms with Crippen LogP contribution in [-0.2, 0) is 10.8 Å². The summed E-state index contributed by atoms with van der Waals surface area (Å²) < 4.78 is 0. The van der Waals surface area contributed by atoms with Gasteiger partial charge >= 0.3 is 0 Å². The number of rotatable bonds is 2. The van der Waals surface area contributed by atoms with E-state index < -0.39 is 0 Å². The first-order chi connectivity index (χ1) is 13.1. The highest BCUT2D eigenvalue weighted by molar-refractivity contribution is 5.84. The van der Waals surface area contributed by atoms with Crippen molar-refractivity contribution in [3.8, 4) is 28.3 Å². The van der Waals surface area contributed by atoms with Crippen LogP contribution in [0, 0.1) is 11.3 Å². The molecule has 28 heavy (non-hydrogen) atoms. The normalized spacial score (nSPS) is 11.9. The quantitative estimate of drug-likeness (QED) is 0.460. The van der Waals surface area contributed by atoms with Crippen LogP contribution in [0.25, 0.3) is 22.3 Å². The van der Waals surface area contributed by atoms with Gasteiger partial charge in [0.1, 0.15) is 6.07 Å². The van der Waals surface area contributed by atoms with Gasteiger partial charge in [0.25, 0.3) is 0 Å². The van der Waals surface area contributed by atoms with E-state index in [1.807, 2.05) is 24.3 Å². The molecule has 0 radical (unpaired) electrons. The second kappa shape index (κ2) is 7.28. The van der Waals surface area contributed by atoms with Gasteiger partial charge in [-0.1, -0.05) is 102 Å². The fourth-order valence-corrected chi connectivity index (χ4v) is 3.92. The van der Waals surface area contributed by atoms with Crippen molar-refractivity contribution in [2.45, 2.75) is 52.4 Å². The summed E-state index contributed by atoms with van der Waals surface area (Å²) in [5.74, 6) is 0. The average molecular weight is 368 g/mol. The van der Waals surface area contributed by atoms with E-state index >= 15 is 0 Å². The summed E-state index contributed by atoms with van der Waals surface area (Å²) in [6.45, 7) is 13.3. The third-order valence-electron chi connectivity index (χ3n) is 5.14. The van der Waals surface area contributed by atoms with Crippen molar-refractivity contribution in [1.82, 2.24) is 0 Å². The van der Waals surface area contributed by atoms with Crippen molar-refractivity contribution in [2.24, 2.45) is 0 Å². The summed E-state index contributed by atoms with van der Waals surface area (Å²) in [5, 5.41) is 10.3. The molecule has 0 unspecified atom stereocenters. The Labute approximate surface area is 169 Å². The molecule has 0 saturated heterocycles. The van der Waals surface area contributed by atoms with Gasteiger partial charge in [0.15, 0.2) is 0 Å². The molecule has 0 aliphatic heterocycles. The minimum Gasteiger partial charge on any atom is -0.192 e. The standard InChI is InChI=1S/C27H29N/c1-26(2,3)23-17-21(19-13-9-7-10-14-19)25(27(4,5)6)22(18-28)24(23)20-15-11-8-12-16-20/h7-17H,1-6H3. The Bertz CT molecular complexity index is 1010. The van der Waals surface area contributed by atoms with Crippen LogP contribution in [0.1, 0.15) is 58.2 Å². The molecule has 0 saturated carbocycles. The van der Waals surface area contributed by atoms with Crippen molar-refractivity contribution >= 4 is 0 Å². The predicted molar refractivity (Wildman–Crippen MR) is 119 cm³/mol. The van der Waals surface area contributed by atoms with Crippen molar-refractivity contribution in [3.05, 3.63) is 83.4 Å². The van der Waals surface area contributed by atoms with E-state index in [1.54, 1.807) is 0 Å². The third-order valence-corrected chi connectivity index (χ3v) is 5.14. The molecular formula is C27H29N. The molecule has 0 aliphatic rings. The molecule has 0 aliphatic carbocycles. The Balaban J connectivity index is 2.53. The number of hydrogen-bond acceptors (Lipinski definition) is 1. The SMILES string of the molecule is CC(C)(C)c1cc(-c2ccccc2)c(C(C)(C)C)c(C#N)c1-c1ccccc1. The van der Waals surface area contributed by atoms with Crippen LogP contribution >= 0.6 is 0 Å². The summed E-state index contributed by atoms with van der Waals surface area (Å²) in [7, 11) is 0. The van der Waals surface area contributed by atoms with Crippen molar-refractivity contribution in [3.63, 3.8) is 0 Å². The lowest BCUT2D eigenvalue weighted by Gasteiger charge is -2.31. The third kappa shape index (κ3) is 3.73. The molecule has 0 spiro atoms.